The fraction of sp³-hybridized carbons (Fsp3) is 0.387. The minimum atomic E-state index is -0.0435. The lowest BCUT2D eigenvalue weighted by molar-refractivity contribution is 0.0861. The number of nitrogens with zero attached hydrogens (tertiary/aromatic N) is 2. The monoisotopic (exact) mass is 485 g/mol. The SMILES string of the molecule is CN(C)CCCNC(=O)c1cccc(OC2CCCN(CC(c3ccccc3)c3ccccc3)C2)c1. The van der Waals surface area contributed by atoms with Crippen LogP contribution in [0.4, 0.5) is 0 Å². The van der Waals surface area contributed by atoms with Gasteiger partial charge in [-0.25, -0.2) is 0 Å². The first kappa shape index (κ1) is 25.9. The number of benzene rings is 3. The van der Waals surface area contributed by atoms with E-state index < -0.39 is 0 Å². The lowest BCUT2D eigenvalue weighted by Crippen LogP contribution is -2.43. The van der Waals surface area contributed by atoms with E-state index in [9.17, 15) is 4.79 Å². The molecule has 1 atom stereocenters. The average molecular weight is 486 g/mol. The topological polar surface area (TPSA) is 44.8 Å². The van der Waals surface area contributed by atoms with E-state index in [-0.39, 0.29) is 12.0 Å². The summed E-state index contributed by atoms with van der Waals surface area (Å²) >= 11 is 0. The first-order chi connectivity index (χ1) is 17.6. The highest BCUT2D eigenvalue weighted by Crippen LogP contribution is 2.28. The zero-order valence-corrected chi connectivity index (χ0v) is 21.6. The van der Waals surface area contributed by atoms with Gasteiger partial charge in [0.2, 0.25) is 0 Å². The van der Waals surface area contributed by atoms with Crippen molar-refractivity contribution in [3.63, 3.8) is 0 Å². The van der Waals surface area contributed by atoms with Gasteiger partial charge in [0, 0.05) is 31.1 Å². The fourth-order valence-electron chi connectivity index (χ4n) is 4.91. The second kappa shape index (κ2) is 13.2. The van der Waals surface area contributed by atoms with Crippen LogP contribution in [0.2, 0.25) is 0 Å². The lowest BCUT2D eigenvalue weighted by Gasteiger charge is -2.35. The zero-order chi connectivity index (χ0) is 25.2. The van der Waals surface area contributed by atoms with Crippen LogP contribution < -0.4 is 10.1 Å². The molecule has 1 amide bonds. The number of rotatable bonds is 11. The fourth-order valence-corrected chi connectivity index (χ4v) is 4.91. The summed E-state index contributed by atoms with van der Waals surface area (Å²) in [6.07, 6.45) is 3.18. The Morgan fingerprint density at radius 1 is 1.00 bits per heavy atom. The average Bonchev–Trinajstić information content (AvgIpc) is 2.91. The van der Waals surface area contributed by atoms with Crippen LogP contribution in [0.15, 0.2) is 84.9 Å². The summed E-state index contributed by atoms with van der Waals surface area (Å²) in [5.41, 5.74) is 3.34. The van der Waals surface area contributed by atoms with Gasteiger partial charge in [0.05, 0.1) is 0 Å². The van der Waals surface area contributed by atoms with Gasteiger partial charge >= 0.3 is 0 Å². The molecule has 0 aliphatic carbocycles. The number of hydrogen-bond acceptors (Lipinski definition) is 4. The number of carbonyl (C=O) groups excluding carboxylic acids is 1. The molecule has 1 aliphatic heterocycles. The molecule has 1 unspecified atom stereocenters. The van der Waals surface area contributed by atoms with Crippen molar-refractivity contribution in [3.8, 4) is 5.75 Å². The molecule has 0 bridgehead atoms. The van der Waals surface area contributed by atoms with Crippen LogP contribution in [-0.2, 0) is 0 Å². The molecule has 1 aliphatic rings. The number of nitrogens with one attached hydrogen (secondary N) is 1. The van der Waals surface area contributed by atoms with E-state index in [0.717, 1.165) is 51.2 Å². The Morgan fingerprint density at radius 3 is 2.36 bits per heavy atom. The third-order valence-corrected chi connectivity index (χ3v) is 6.77. The molecule has 36 heavy (non-hydrogen) atoms. The second-order valence-corrected chi connectivity index (χ2v) is 9.96. The molecule has 1 heterocycles. The maximum absolute atomic E-state index is 12.6. The Balaban J connectivity index is 1.36. The molecule has 5 heteroatoms. The van der Waals surface area contributed by atoms with Crippen LogP contribution in [0.25, 0.3) is 0 Å². The molecular weight excluding hydrogens is 446 g/mol. The van der Waals surface area contributed by atoms with Gasteiger partial charge in [-0.1, -0.05) is 66.7 Å². The van der Waals surface area contributed by atoms with Crippen LogP contribution in [-0.4, -0.2) is 68.6 Å². The maximum atomic E-state index is 12.6. The summed E-state index contributed by atoms with van der Waals surface area (Å²) in [5.74, 6) is 1.05. The van der Waals surface area contributed by atoms with Gasteiger partial charge in [0.15, 0.2) is 0 Å². The molecule has 1 N–H and O–H groups in total. The van der Waals surface area contributed by atoms with Gasteiger partial charge in [-0.3, -0.25) is 9.69 Å². The van der Waals surface area contributed by atoms with Crippen LogP contribution >= 0.6 is 0 Å². The van der Waals surface area contributed by atoms with Crippen molar-refractivity contribution >= 4 is 5.91 Å². The quantitative estimate of drug-likeness (QED) is 0.387. The van der Waals surface area contributed by atoms with Crippen LogP contribution in [0.3, 0.4) is 0 Å². The van der Waals surface area contributed by atoms with E-state index in [1.54, 1.807) is 0 Å². The number of piperidine rings is 1. The molecule has 0 saturated carbocycles. The van der Waals surface area contributed by atoms with E-state index in [1.807, 2.05) is 38.4 Å². The Morgan fingerprint density at radius 2 is 1.69 bits per heavy atom. The van der Waals surface area contributed by atoms with Crippen molar-refractivity contribution in [3.05, 3.63) is 102 Å². The van der Waals surface area contributed by atoms with Gasteiger partial charge in [-0.05, 0) is 75.8 Å². The minimum absolute atomic E-state index is 0.0435. The Bertz CT molecular complexity index is 1030. The summed E-state index contributed by atoms with van der Waals surface area (Å²) in [6.45, 7) is 4.55. The third kappa shape index (κ3) is 7.67. The van der Waals surface area contributed by atoms with E-state index in [2.05, 4.69) is 75.8 Å². The molecule has 190 valence electrons. The van der Waals surface area contributed by atoms with E-state index in [4.69, 9.17) is 4.74 Å². The first-order valence-corrected chi connectivity index (χ1v) is 13.1. The summed E-state index contributed by atoms with van der Waals surface area (Å²) in [6, 6.07) is 29.2. The largest absolute Gasteiger partial charge is 0.489 e. The third-order valence-electron chi connectivity index (χ3n) is 6.77. The van der Waals surface area contributed by atoms with Crippen molar-refractivity contribution in [2.75, 3.05) is 46.8 Å². The van der Waals surface area contributed by atoms with Crippen molar-refractivity contribution in [1.82, 2.24) is 15.1 Å². The molecule has 3 aromatic rings. The first-order valence-electron chi connectivity index (χ1n) is 13.1. The van der Waals surface area contributed by atoms with Crippen molar-refractivity contribution in [2.45, 2.75) is 31.3 Å². The van der Waals surface area contributed by atoms with Crippen LogP contribution in [0.5, 0.6) is 5.75 Å². The molecule has 3 aromatic carbocycles. The number of hydrogen-bond donors (Lipinski definition) is 1. The van der Waals surface area contributed by atoms with Gasteiger partial charge < -0.3 is 15.0 Å². The molecule has 0 radical (unpaired) electrons. The van der Waals surface area contributed by atoms with E-state index in [1.165, 1.54) is 11.1 Å². The standard InChI is InChI=1S/C31H39N3O2/c1-33(2)20-11-19-32-31(35)27-16-9-17-28(22-27)36-29-18-10-21-34(23-29)24-30(25-12-5-3-6-13-25)26-14-7-4-8-15-26/h3-9,12-17,22,29-30H,10-11,18-21,23-24H2,1-2H3,(H,32,35). The predicted molar refractivity (Wildman–Crippen MR) is 147 cm³/mol. The van der Waals surface area contributed by atoms with Crippen molar-refractivity contribution in [2.24, 2.45) is 0 Å². The van der Waals surface area contributed by atoms with Crippen molar-refractivity contribution < 1.29 is 9.53 Å². The van der Waals surface area contributed by atoms with Crippen molar-refractivity contribution in [1.29, 1.82) is 0 Å². The summed E-state index contributed by atoms with van der Waals surface area (Å²) in [7, 11) is 4.08. The molecule has 0 aromatic heterocycles. The molecule has 0 spiro atoms. The minimum Gasteiger partial charge on any atom is -0.489 e. The molecule has 4 rings (SSSR count). The number of carbonyl (C=O) groups is 1. The summed E-state index contributed by atoms with van der Waals surface area (Å²) in [4.78, 5) is 17.2. The lowest BCUT2D eigenvalue weighted by atomic mass is 9.90. The van der Waals surface area contributed by atoms with Gasteiger partial charge in [-0.2, -0.15) is 0 Å². The normalized spacial score (nSPS) is 16.3. The zero-order valence-electron chi connectivity index (χ0n) is 21.6. The maximum Gasteiger partial charge on any atom is 0.251 e. The van der Waals surface area contributed by atoms with E-state index in [0.29, 0.717) is 18.0 Å². The smallest absolute Gasteiger partial charge is 0.251 e. The highest BCUT2D eigenvalue weighted by molar-refractivity contribution is 5.94. The molecule has 5 nitrogen and oxygen atoms in total. The highest BCUT2D eigenvalue weighted by atomic mass is 16.5. The summed E-state index contributed by atoms with van der Waals surface area (Å²) in [5, 5.41) is 3.02. The molecular formula is C31H39N3O2. The Hall–Kier alpha value is -3.15. The molecule has 1 fully saturated rings. The Labute approximate surface area is 216 Å². The number of likely N-dealkylation sites (tertiary alicyclic amines) is 1. The predicted octanol–water partition coefficient (Wildman–Crippen LogP) is 5.04. The van der Waals surface area contributed by atoms with Crippen LogP contribution in [0.1, 0.15) is 46.7 Å². The second-order valence-electron chi connectivity index (χ2n) is 9.96. The van der Waals surface area contributed by atoms with Gasteiger partial charge in [-0.15, -0.1) is 0 Å². The van der Waals surface area contributed by atoms with E-state index >= 15 is 0 Å². The van der Waals surface area contributed by atoms with Gasteiger partial charge in [0.25, 0.3) is 5.91 Å². The number of amides is 1. The van der Waals surface area contributed by atoms with Gasteiger partial charge in [0.1, 0.15) is 11.9 Å². The summed E-state index contributed by atoms with van der Waals surface area (Å²) < 4.78 is 6.40. The van der Waals surface area contributed by atoms with Crippen LogP contribution in [0, 0.1) is 0 Å². The number of ether oxygens (including phenoxy) is 1. The molecule has 1 saturated heterocycles. The Kier molecular flexibility index (Phi) is 9.54. The highest BCUT2D eigenvalue weighted by Gasteiger charge is 2.25.